The minimum atomic E-state index is -0.945. The van der Waals surface area contributed by atoms with Crippen LogP contribution in [-0.4, -0.2) is 82.1 Å². The molecule has 0 bridgehead atoms. The minimum absolute atomic E-state index is 0. The number of rotatable bonds is 8. The normalized spacial score (nSPS) is 19.5. The van der Waals surface area contributed by atoms with E-state index in [-0.39, 0.29) is 30.2 Å². The lowest BCUT2D eigenvalue weighted by molar-refractivity contribution is -0.137. The molecule has 12 heteroatoms. The van der Waals surface area contributed by atoms with E-state index >= 15 is 0 Å². The van der Waals surface area contributed by atoms with Crippen LogP contribution in [0.25, 0.3) is 5.69 Å². The van der Waals surface area contributed by atoms with Crippen LogP contribution in [0.5, 0.6) is 0 Å². The van der Waals surface area contributed by atoms with Gasteiger partial charge in [-0.15, -0.1) is 12.4 Å². The molecule has 1 saturated carbocycles. The van der Waals surface area contributed by atoms with Gasteiger partial charge in [-0.25, -0.2) is 9.59 Å². The summed E-state index contributed by atoms with van der Waals surface area (Å²) in [7, 11) is 0. The second-order valence-electron chi connectivity index (χ2n) is 10.9. The van der Waals surface area contributed by atoms with E-state index in [1.165, 1.54) is 23.0 Å². The number of aromatic nitrogens is 2. The van der Waals surface area contributed by atoms with E-state index in [0.717, 1.165) is 25.9 Å². The molecule has 1 aromatic heterocycles. The van der Waals surface area contributed by atoms with Crippen molar-refractivity contribution < 1.29 is 9.59 Å². The van der Waals surface area contributed by atoms with E-state index in [4.69, 9.17) is 11.5 Å². The predicted molar refractivity (Wildman–Crippen MR) is 154 cm³/mol. The van der Waals surface area contributed by atoms with Crippen LogP contribution < -0.4 is 27.8 Å². The van der Waals surface area contributed by atoms with Crippen LogP contribution >= 0.6 is 12.4 Å². The molecule has 2 fully saturated rings. The van der Waals surface area contributed by atoms with Crippen molar-refractivity contribution in [2.75, 3.05) is 44.6 Å². The lowest BCUT2D eigenvalue weighted by atomic mass is 10.1. The van der Waals surface area contributed by atoms with Crippen LogP contribution in [0, 0.1) is 5.92 Å². The van der Waals surface area contributed by atoms with E-state index < -0.39 is 11.2 Å². The van der Waals surface area contributed by atoms with Crippen molar-refractivity contribution in [2.24, 2.45) is 17.4 Å². The van der Waals surface area contributed by atoms with Crippen LogP contribution in [0.2, 0.25) is 0 Å². The predicted octanol–water partition coefficient (Wildman–Crippen LogP) is 1.33. The first-order valence-electron chi connectivity index (χ1n) is 13.4. The van der Waals surface area contributed by atoms with Crippen LogP contribution in [0.1, 0.15) is 38.7 Å². The van der Waals surface area contributed by atoms with Crippen molar-refractivity contribution in [3.05, 3.63) is 52.6 Å². The molecule has 2 heterocycles. The molecule has 1 aromatic carbocycles. The first-order valence-corrected chi connectivity index (χ1v) is 13.4. The Labute approximate surface area is 235 Å². The molecule has 4 rings (SSSR count). The summed E-state index contributed by atoms with van der Waals surface area (Å²) in [5, 5.41) is 6.31. The molecule has 2 aromatic rings. The summed E-state index contributed by atoms with van der Waals surface area (Å²) in [4.78, 5) is 45.0. The van der Waals surface area contributed by atoms with Gasteiger partial charge in [0.1, 0.15) is 5.82 Å². The van der Waals surface area contributed by atoms with Crippen molar-refractivity contribution >= 4 is 30.2 Å². The Balaban J connectivity index is 0.00000420. The maximum absolute atomic E-state index is 12.7. The zero-order valence-corrected chi connectivity index (χ0v) is 23.6. The molecule has 39 heavy (non-hydrogen) atoms. The van der Waals surface area contributed by atoms with Gasteiger partial charge in [0.05, 0.1) is 11.2 Å². The molecule has 3 amide bonds. The van der Waals surface area contributed by atoms with Gasteiger partial charge in [0, 0.05) is 38.4 Å². The van der Waals surface area contributed by atoms with Gasteiger partial charge >= 0.3 is 11.7 Å². The number of carbonyl (C=O) groups excluding carboxylic acids is 2. The number of halogens is 1. The zero-order chi connectivity index (χ0) is 27.3. The Bertz CT molecular complexity index is 1170. The van der Waals surface area contributed by atoms with Crippen LogP contribution in [0.3, 0.4) is 0 Å². The smallest absolute Gasteiger partial charge is 0.338 e. The van der Waals surface area contributed by atoms with Crippen molar-refractivity contribution in [3.8, 4) is 5.69 Å². The molecule has 0 spiro atoms. The van der Waals surface area contributed by atoms with Crippen LogP contribution in [0.4, 0.5) is 10.6 Å². The van der Waals surface area contributed by atoms with Gasteiger partial charge in [-0.3, -0.25) is 14.7 Å². The summed E-state index contributed by atoms with van der Waals surface area (Å²) in [6.45, 7) is 6.59. The van der Waals surface area contributed by atoms with Gasteiger partial charge in [0.25, 0.3) is 0 Å². The van der Waals surface area contributed by atoms with Crippen LogP contribution in [-0.2, 0) is 11.2 Å². The van der Waals surface area contributed by atoms with Crippen molar-refractivity contribution in [1.29, 1.82) is 0 Å². The van der Waals surface area contributed by atoms with Crippen molar-refractivity contribution in [2.45, 2.75) is 51.1 Å². The Morgan fingerprint density at radius 2 is 1.72 bits per heavy atom. The molecular formula is C27H41ClN8O3. The molecular weight excluding hydrogens is 520 g/mol. The van der Waals surface area contributed by atoms with E-state index in [2.05, 4.69) is 15.6 Å². The highest BCUT2D eigenvalue weighted by atomic mass is 35.5. The fraction of sp³-hybridized carbons (Fsp3) is 0.556. The SMILES string of the molecule is CC(C)(N)C(=O)N1CCN(C(=O)Nc2ccn(-c3ccc(CCN[C@H]4CC[C@@H](CN)C4)cc3)c(=O)n2)CC1.Cl. The fourth-order valence-corrected chi connectivity index (χ4v) is 5.10. The third-order valence-electron chi connectivity index (χ3n) is 7.38. The van der Waals surface area contributed by atoms with E-state index in [9.17, 15) is 14.4 Å². The molecule has 1 saturated heterocycles. The quantitative estimate of drug-likeness (QED) is 0.380. The van der Waals surface area contributed by atoms with E-state index in [1.807, 2.05) is 24.3 Å². The highest BCUT2D eigenvalue weighted by Gasteiger charge is 2.31. The number of hydrogen-bond acceptors (Lipinski definition) is 7. The molecule has 0 unspecified atom stereocenters. The summed E-state index contributed by atoms with van der Waals surface area (Å²) in [5.74, 6) is 0.692. The first kappa shape index (κ1) is 30.6. The summed E-state index contributed by atoms with van der Waals surface area (Å²) in [5.41, 5.74) is 12.2. The Morgan fingerprint density at radius 1 is 1.05 bits per heavy atom. The number of urea groups is 1. The van der Waals surface area contributed by atoms with Gasteiger partial charge < -0.3 is 26.6 Å². The lowest BCUT2D eigenvalue weighted by Gasteiger charge is -2.37. The third-order valence-corrected chi connectivity index (χ3v) is 7.38. The average molecular weight is 561 g/mol. The number of piperazine rings is 1. The molecule has 2 aliphatic rings. The van der Waals surface area contributed by atoms with Gasteiger partial charge in [-0.05, 0) is 82.3 Å². The average Bonchev–Trinajstić information content (AvgIpc) is 3.36. The summed E-state index contributed by atoms with van der Waals surface area (Å²) in [6, 6.07) is 9.65. The lowest BCUT2D eigenvalue weighted by Crippen LogP contribution is -2.58. The number of anilines is 1. The molecule has 1 aliphatic heterocycles. The minimum Gasteiger partial charge on any atom is -0.338 e. The second kappa shape index (κ2) is 13.4. The van der Waals surface area contributed by atoms with Gasteiger partial charge in [0.15, 0.2) is 0 Å². The van der Waals surface area contributed by atoms with Gasteiger partial charge in [-0.1, -0.05) is 12.1 Å². The Hall–Kier alpha value is -2.99. The number of benzene rings is 1. The van der Waals surface area contributed by atoms with Crippen LogP contribution in [0.15, 0.2) is 41.3 Å². The largest absolute Gasteiger partial charge is 0.354 e. The number of hydrogen-bond donors (Lipinski definition) is 4. The summed E-state index contributed by atoms with van der Waals surface area (Å²) < 4.78 is 1.45. The molecule has 1 aliphatic carbocycles. The zero-order valence-electron chi connectivity index (χ0n) is 22.8. The van der Waals surface area contributed by atoms with Crippen molar-refractivity contribution in [3.63, 3.8) is 0 Å². The Kier molecular flexibility index (Phi) is 10.5. The molecule has 2 atom stereocenters. The maximum Gasteiger partial charge on any atom is 0.354 e. The maximum atomic E-state index is 12.7. The highest BCUT2D eigenvalue weighted by Crippen LogP contribution is 2.24. The summed E-state index contributed by atoms with van der Waals surface area (Å²) >= 11 is 0. The Morgan fingerprint density at radius 3 is 2.31 bits per heavy atom. The number of nitrogens with two attached hydrogens (primary N) is 2. The molecule has 6 N–H and O–H groups in total. The third kappa shape index (κ3) is 8.01. The first-order chi connectivity index (χ1) is 18.1. The van der Waals surface area contributed by atoms with E-state index in [0.29, 0.717) is 43.8 Å². The molecule has 11 nitrogen and oxygen atoms in total. The summed E-state index contributed by atoms with van der Waals surface area (Å²) in [6.07, 6.45) is 6.08. The fourth-order valence-electron chi connectivity index (χ4n) is 5.10. The number of nitrogens with one attached hydrogen (secondary N) is 2. The van der Waals surface area contributed by atoms with Gasteiger partial charge in [0.2, 0.25) is 5.91 Å². The topological polar surface area (TPSA) is 152 Å². The monoisotopic (exact) mass is 560 g/mol. The van der Waals surface area contributed by atoms with Crippen molar-refractivity contribution in [1.82, 2.24) is 24.7 Å². The second-order valence-corrected chi connectivity index (χ2v) is 10.9. The van der Waals surface area contributed by atoms with E-state index in [1.54, 1.807) is 35.9 Å². The molecule has 0 radical (unpaired) electrons. The standard InChI is InChI=1S/C27H40N8O3.ClH/c1-27(2,29)24(36)33-13-15-34(16-14-33)25(37)31-23-10-12-35(26(38)32-23)22-7-4-19(5-8-22)9-11-30-21-6-3-20(17-21)18-28;/h4-5,7-8,10,12,20-21,30H,3,6,9,11,13-18,28-29H2,1-2H3,(H,31,32,37,38);1H/t20-,21+;/m1./s1. The number of amides is 3. The van der Waals surface area contributed by atoms with Gasteiger partial charge in [-0.2, -0.15) is 4.98 Å². The number of nitrogens with zero attached hydrogens (tertiary/aromatic N) is 4. The molecule has 214 valence electrons. The highest BCUT2D eigenvalue weighted by molar-refractivity contribution is 5.89. The number of carbonyl (C=O) groups is 2.